The highest BCUT2D eigenvalue weighted by atomic mass is 35.5. The molecule has 2 N–H and O–H groups in total. The molecule has 2 aromatic rings. The summed E-state index contributed by atoms with van der Waals surface area (Å²) in [5, 5.41) is 9.59. The van der Waals surface area contributed by atoms with Crippen LogP contribution in [-0.4, -0.2) is 33.2 Å². The van der Waals surface area contributed by atoms with Gasteiger partial charge in [-0.25, -0.2) is 14.8 Å². The molecule has 0 atom stereocenters. The van der Waals surface area contributed by atoms with Gasteiger partial charge in [0.05, 0.1) is 12.8 Å². The number of hydrogen-bond donors (Lipinski definition) is 2. The van der Waals surface area contributed by atoms with Gasteiger partial charge in [-0.05, 0) is 18.5 Å². The molecule has 0 amide bonds. The Morgan fingerprint density at radius 3 is 2.83 bits per heavy atom. The number of H-pyrrole nitrogens is 1. The lowest BCUT2D eigenvalue weighted by molar-refractivity contribution is 0.0594. The molecule has 0 saturated heterocycles. The van der Waals surface area contributed by atoms with Crippen LogP contribution in [0.25, 0.3) is 0 Å². The molecule has 8 heteroatoms. The van der Waals surface area contributed by atoms with Crippen LogP contribution in [0.3, 0.4) is 0 Å². The number of aryl methyl sites for hydroxylation is 1. The van der Waals surface area contributed by atoms with Crippen LogP contribution in [0.5, 0.6) is 0 Å². The number of ether oxygens (including phenoxy) is 1. The van der Waals surface area contributed by atoms with Crippen molar-refractivity contribution in [3.63, 3.8) is 0 Å². The van der Waals surface area contributed by atoms with Crippen LogP contribution in [0.1, 0.15) is 16.2 Å². The number of aromatic nitrogens is 4. The van der Waals surface area contributed by atoms with E-state index < -0.39 is 5.97 Å². The quantitative estimate of drug-likeness (QED) is 0.649. The number of carbonyl (C=O) groups excluding carboxylic acids is 1. The molecule has 0 aliphatic carbocycles. The van der Waals surface area contributed by atoms with Crippen LogP contribution in [0, 0.1) is 6.92 Å². The van der Waals surface area contributed by atoms with Gasteiger partial charge in [-0.1, -0.05) is 0 Å². The highest BCUT2D eigenvalue weighted by Gasteiger charge is 2.11. The summed E-state index contributed by atoms with van der Waals surface area (Å²) in [5.74, 6) is 0.431. The maximum absolute atomic E-state index is 11.4. The predicted molar refractivity (Wildman–Crippen MR) is 65.0 cm³/mol. The minimum atomic E-state index is -0.580. The molecule has 7 nitrogen and oxygen atoms in total. The largest absolute Gasteiger partial charge is 0.464 e. The first kappa shape index (κ1) is 12.3. The number of carbonyl (C=O) groups is 1. The van der Waals surface area contributed by atoms with Crippen molar-refractivity contribution in [3.05, 3.63) is 28.8 Å². The maximum Gasteiger partial charge on any atom is 0.356 e. The molecule has 0 radical (unpaired) electrons. The standard InChI is InChI=1S/C10H10ClN5O2/c1-5-3-8(16-15-5)13-7-4-6(9(17)18-2)12-10(11)14-7/h3-4H,1-2H3,(H2,12,13,14,15,16). The molecule has 0 aliphatic rings. The fourth-order valence-corrected chi connectivity index (χ4v) is 1.50. The minimum Gasteiger partial charge on any atom is -0.464 e. The summed E-state index contributed by atoms with van der Waals surface area (Å²) < 4.78 is 4.56. The van der Waals surface area contributed by atoms with E-state index in [4.69, 9.17) is 11.6 Å². The number of methoxy groups -OCH3 is 1. The van der Waals surface area contributed by atoms with Gasteiger partial charge in [0.15, 0.2) is 5.69 Å². The van der Waals surface area contributed by atoms with Gasteiger partial charge in [0.1, 0.15) is 11.6 Å². The van der Waals surface area contributed by atoms with Gasteiger partial charge >= 0.3 is 5.97 Å². The van der Waals surface area contributed by atoms with Gasteiger partial charge in [0, 0.05) is 12.1 Å². The number of aromatic amines is 1. The molecule has 0 saturated carbocycles. The van der Waals surface area contributed by atoms with E-state index in [1.807, 2.05) is 6.92 Å². The third-order valence-corrected chi connectivity index (χ3v) is 2.23. The monoisotopic (exact) mass is 267 g/mol. The van der Waals surface area contributed by atoms with Gasteiger partial charge in [-0.3, -0.25) is 5.10 Å². The Kier molecular flexibility index (Phi) is 3.42. The van der Waals surface area contributed by atoms with E-state index in [0.29, 0.717) is 11.6 Å². The van der Waals surface area contributed by atoms with Crippen molar-refractivity contribution in [2.45, 2.75) is 6.92 Å². The molecule has 2 rings (SSSR count). The molecule has 18 heavy (non-hydrogen) atoms. The highest BCUT2D eigenvalue weighted by molar-refractivity contribution is 6.28. The summed E-state index contributed by atoms with van der Waals surface area (Å²) in [6.45, 7) is 1.84. The number of halogens is 1. The lowest BCUT2D eigenvalue weighted by atomic mass is 10.4. The molecule has 2 aromatic heterocycles. The second-order valence-electron chi connectivity index (χ2n) is 3.45. The number of nitrogens with one attached hydrogen (secondary N) is 2. The molecule has 0 aliphatic heterocycles. The average Bonchev–Trinajstić information content (AvgIpc) is 2.73. The van der Waals surface area contributed by atoms with Crippen molar-refractivity contribution >= 4 is 29.2 Å². The minimum absolute atomic E-state index is 0.0448. The summed E-state index contributed by atoms with van der Waals surface area (Å²) in [7, 11) is 1.27. The van der Waals surface area contributed by atoms with E-state index in [1.165, 1.54) is 13.2 Å². The van der Waals surface area contributed by atoms with Crippen LogP contribution in [-0.2, 0) is 4.74 Å². The molecule has 2 heterocycles. The van der Waals surface area contributed by atoms with E-state index >= 15 is 0 Å². The Labute approximate surface area is 108 Å². The van der Waals surface area contributed by atoms with E-state index in [9.17, 15) is 4.79 Å². The number of nitrogens with zero attached hydrogens (tertiary/aromatic N) is 3. The van der Waals surface area contributed by atoms with E-state index in [1.54, 1.807) is 6.07 Å². The molecule has 0 bridgehead atoms. The molecule has 0 spiro atoms. The van der Waals surface area contributed by atoms with Crippen LogP contribution in [0.2, 0.25) is 5.28 Å². The molecule has 0 fully saturated rings. The van der Waals surface area contributed by atoms with E-state index in [0.717, 1.165) is 5.69 Å². The van der Waals surface area contributed by atoms with Crippen molar-refractivity contribution in [1.29, 1.82) is 0 Å². The predicted octanol–water partition coefficient (Wildman–Crippen LogP) is 1.69. The third-order valence-electron chi connectivity index (χ3n) is 2.06. The van der Waals surface area contributed by atoms with Crippen molar-refractivity contribution in [3.8, 4) is 0 Å². The molecule has 94 valence electrons. The van der Waals surface area contributed by atoms with Gasteiger partial charge < -0.3 is 10.1 Å². The summed E-state index contributed by atoms with van der Waals surface area (Å²) >= 11 is 5.73. The number of esters is 1. The smallest absolute Gasteiger partial charge is 0.356 e. The van der Waals surface area contributed by atoms with Crippen molar-refractivity contribution in [2.75, 3.05) is 12.4 Å². The summed E-state index contributed by atoms with van der Waals surface area (Å²) in [6.07, 6.45) is 0. The number of anilines is 2. The summed E-state index contributed by atoms with van der Waals surface area (Å²) in [4.78, 5) is 19.1. The fourth-order valence-electron chi connectivity index (χ4n) is 1.31. The lowest BCUT2D eigenvalue weighted by Crippen LogP contribution is -2.07. The third kappa shape index (κ3) is 2.75. The molecule has 0 aromatic carbocycles. The zero-order valence-corrected chi connectivity index (χ0v) is 10.4. The Morgan fingerprint density at radius 2 is 2.22 bits per heavy atom. The lowest BCUT2D eigenvalue weighted by Gasteiger charge is -2.04. The van der Waals surface area contributed by atoms with Gasteiger partial charge in [-0.2, -0.15) is 5.10 Å². The zero-order chi connectivity index (χ0) is 13.1. The fraction of sp³-hybridized carbons (Fsp3) is 0.200. The van der Waals surface area contributed by atoms with Crippen molar-refractivity contribution < 1.29 is 9.53 Å². The van der Waals surface area contributed by atoms with Gasteiger partial charge in [-0.15, -0.1) is 0 Å². The first-order valence-corrected chi connectivity index (χ1v) is 5.38. The Bertz CT molecular complexity index is 583. The van der Waals surface area contributed by atoms with Crippen LogP contribution >= 0.6 is 11.6 Å². The first-order valence-electron chi connectivity index (χ1n) is 5.00. The number of rotatable bonds is 3. The normalized spacial score (nSPS) is 10.2. The van der Waals surface area contributed by atoms with E-state index in [2.05, 4.69) is 30.2 Å². The van der Waals surface area contributed by atoms with Gasteiger partial charge in [0.25, 0.3) is 0 Å². The highest BCUT2D eigenvalue weighted by Crippen LogP contribution is 2.16. The van der Waals surface area contributed by atoms with Crippen molar-refractivity contribution in [1.82, 2.24) is 20.2 Å². The number of hydrogen-bond acceptors (Lipinski definition) is 6. The zero-order valence-electron chi connectivity index (χ0n) is 9.69. The van der Waals surface area contributed by atoms with Crippen molar-refractivity contribution in [2.24, 2.45) is 0 Å². The van der Waals surface area contributed by atoms with E-state index in [-0.39, 0.29) is 11.0 Å². The second kappa shape index (κ2) is 5.01. The Hall–Kier alpha value is -2.15. The molecular weight excluding hydrogens is 258 g/mol. The summed E-state index contributed by atoms with van der Waals surface area (Å²) in [5.41, 5.74) is 0.905. The van der Waals surface area contributed by atoms with Gasteiger partial charge in [0.2, 0.25) is 5.28 Å². The SMILES string of the molecule is COC(=O)c1cc(Nc2cc(C)n[nH]2)nc(Cl)n1. The van der Waals surface area contributed by atoms with Crippen LogP contribution in [0.4, 0.5) is 11.6 Å². The summed E-state index contributed by atoms with van der Waals surface area (Å²) in [6, 6.07) is 3.22. The van der Waals surface area contributed by atoms with Crippen LogP contribution in [0.15, 0.2) is 12.1 Å². The first-order chi connectivity index (χ1) is 8.58. The topological polar surface area (TPSA) is 92.8 Å². The average molecular weight is 268 g/mol. The Morgan fingerprint density at radius 1 is 1.44 bits per heavy atom. The van der Waals surface area contributed by atoms with Crippen LogP contribution < -0.4 is 5.32 Å². The molecular formula is C10H10ClN5O2. The second-order valence-corrected chi connectivity index (χ2v) is 3.79. The maximum atomic E-state index is 11.4. The molecule has 0 unspecified atom stereocenters. The Balaban J connectivity index is 2.28.